The van der Waals surface area contributed by atoms with E-state index in [4.69, 9.17) is 0 Å². The first-order chi connectivity index (χ1) is 12.6. The Hall–Kier alpha value is -3.15. The maximum atomic E-state index is 13.3. The summed E-state index contributed by atoms with van der Waals surface area (Å²) in [6.07, 6.45) is 5.21. The normalized spacial score (nSPS) is 16.3. The molecule has 0 spiro atoms. The Morgan fingerprint density at radius 3 is 2.81 bits per heavy atom. The van der Waals surface area contributed by atoms with Crippen LogP contribution in [0, 0.1) is 5.92 Å². The van der Waals surface area contributed by atoms with E-state index in [1.165, 1.54) is 0 Å². The first kappa shape index (κ1) is 16.3. The number of benzene rings is 1. The monoisotopic (exact) mass is 347 g/mol. The molecule has 0 bridgehead atoms. The molecule has 0 saturated heterocycles. The third-order valence-electron chi connectivity index (χ3n) is 4.70. The van der Waals surface area contributed by atoms with Gasteiger partial charge in [-0.15, -0.1) is 0 Å². The second-order valence-corrected chi connectivity index (χ2v) is 6.78. The maximum Gasteiger partial charge on any atom is 0.277 e. The van der Waals surface area contributed by atoms with Crippen molar-refractivity contribution in [3.8, 4) is 5.69 Å². The second kappa shape index (κ2) is 6.63. The molecule has 0 saturated carbocycles. The van der Waals surface area contributed by atoms with Crippen LogP contribution in [0.1, 0.15) is 24.3 Å². The lowest BCUT2D eigenvalue weighted by atomic mass is 9.99. The molecule has 0 aliphatic carbocycles. The van der Waals surface area contributed by atoms with Crippen LogP contribution in [0.15, 0.2) is 61.1 Å². The van der Waals surface area contributed by atoms with Crippen LogP contribution in [-0.4, -0.2) is 33.3 Å². The summed E-state index contributed by atoms with van der Waals surface area (Å²) >= 11 is 0. The number of pyridine rings is 1. The summed E-state index contributed by atoms with van der Waals surface area (Å²) in [5, 5.41) is 7.76. The van der Waals surface area contributed by atoms with Gasteiger partial charge in [0.2, 0.25) is 0 Å². The van der Waals surface area contributed by atoms with E-state index in [1.807, 2.05) is 47.5 Å². The van der Waals surface area contributed by atoms with Crippen molar-refractivity contribution in [1.29, 1.82) is 0 Å². The van der Waals surface area contributed by atoms with E-state index in [2.05, 4.69) is 29.2 Å². The summed E-state index contributed by atoms with van der Waals surface area (Å²) in [7, 11) is 0. The van der Waals surface area contributed by atoms with E-state index < -0.39 is 0 Å². The Morgan fingerprint density at radius 1 is 1.19 bits per heavy atom. The number of rotatable bonds is 3. The van der Waals surface area contributed by atoms with E-state index in [0.717, 1.165) is 17.1 Å². The molecular formula is C20H21N5O. The van der Waals surface area contributed by atoms with Gasteiger partial charge in [-0.1, -0.05) is 26.0 Å². The molecule has 3 aromatic rings. The Labute approximate surface area is 152 Å². The second-order valence-electron chi connectivity index (χ2n) is 6.78. The number of nitrogens with one attached hydrogen (secondary N) is 1. The van der Waals surface area contributed by atoms with Crippen LogP contribution in [0.3, 0.4) is 0 Å². The smallest absolute Gasteiger partial charge is 0.277 e. The number of fused-ring (bicyclic) bond motifs is 1. The standard InChI is InChI=1S/C20H21N5O/c1-14(2)18-13-24(19-7-4-3-6-16(19)23-18)20(26)17-12-15(8-10-21-17)25-11-5-9-22-25/h3-12,14,18,23H,13H2,1-2H3. The summed E-state index contributed by atoms with van der Waals surface area (Å²) in [6, 6.07) is 13.6. The number of para-hydroxylation sites is 2. The van der Waals surface area contributed by atoms with Gasteiger partial charge in [0.15, 0.2) is 0 Å². The lowest BCUT2D eigenvalue weighted by molar-refractivity contribution is 0.0979. The van der Waals surface area contributed by atoms with E-state index in [-0.39, 0.29) is 11.9 Å². The fourth-order valence-electron chi connectivity index (χ4n) is 3.18. The van der Waals surface area contributed by atoms with Crippen LogP contribution in [-0.2, 0) is 0 Å². The molecule has 132 valence electrons. The van der Waals surface area contributed by atoms with Crippen LogP contribution in [0.5, 0.6) is 0 Å². The average molecular weight is 347 g/mol. The van der Waals surface area contributed by atoms with Crippen molar-refractivity contribution in [3.05, 3.63) is 66.7 Å². The summed E-state index contributed by atoms with van der Waals surface area (Å²) in [4.78, 5) is 19.4. The van der Waals surface area contributed by atoms with Crippen molar-refractivity contribution >= 4 is 17.3 Å². The van der Waals surface area contributed by atoms with Crippen LogP contribution >= 0.6 is 0 Å². The largest absolute Gasteiger partial charge is 0.379 e. The van der Waals surface area contributed by atoms with E-state index in [1.54, 1.807) is 23.1 Å². The fraction of sp³-hybridized carbons (Fsp3) is 0.250. The molecule has 1 aromatic carbocycles. The van der Waals surface area contributed by atoms with Crippen LogP contribution in [0.25, 0.3) is 5.69 Å². The lowest BCUT2D eigenvalue weighted by Gasteiger charge is -2.37. The molecule has 2 aromatic heterocycles. The Balaban J connectivity index is 1.70. The summed E-state index contributed by atoms with van der Waals surface area (Å²) < 4.78 is 1.72. The van der Waals surface area contributed by atoms with Crippen molar-refractivity contribution in [1.82, 2.24) is 14.8 Å². The van der Waals surface area contributed by atoms with Gasteiger partial charge in [0.25, 0.3) is 5.91 Å². The van der Waals surface area contributed by atoms with Gasteiger partial charge in [-0.25, -0.2) is 4.68 Å². The highest BCUT2D eigenvalue weighted by atomic mass is 16.2. The van der Waals surface area contributed by atoms with Gasteiger partial charge in [0, 0.05) is 31.2 Å². The van der Waals surface area contributed by atoms with Crippen molar-refractivity contribution in [2.75, 3.05) is 16.8 Å². The highest BCUT2D eigenvalue weighted by Crippen LogP contribution is 2.33. The third kappa shape index (κ3) is 2.94. The molecule has 1 aliphatic heterocycles. The molecule has 0 radical (unpaired) electrons. The zero-order chi connectivity index (χ0) is 18.1. The van der Waals surface area contributed by atoms with E-state index >= 15 is 0 Å². The SMILES string of the molecule is CC(C)C1CN(C(=O)c2cc(-n3cccn3)ccn2)c2ccccc2N1. The molecule has 1 atom stereocenters. The predicted molar refractivity (Wildman–Crippen MR) is 102 cm³/mol. The molecular weight excluding hydrogens is 326 g/mol. The Bertz CT molecular complexity index is 919. The first-order valence-electron chi connectivity index (χ1n) is 8.77. The first-order valence-corrected chi connectivity index (χ1v) is 8.77. The number of hydrogen-bond acceptors (Lipinski definition) is 4. The van der Waals surface area contributed by atoms with E-state index in [9.17, 15) is 4.79 Å². The molecule has 26 heavy (non-hydrogen) atoms. The number of aromatic nitrogens is 3. The highest BCUT2D eigenvalue weighted by Gasteiger charge is 2.30. The maximum absolute atomic E-state index is 13.3. The molecule has 6 nitrogen and oxygen atoms in total. The van der Waals surface area contributed by atoms with Crippen molar-refractivity contribution in [2.24, 2.45) is 5.92 Å². The molecule has 1 unspecified atom stereocenters. The van der Waals surface area contributed by atoms with Crippen LogP contribution in [0.2, 0.25) is 0 Å². The molecule has 1 aliphatic rings. The van der Waals surface area contributed by atoms with Crippen molar-refractivity contribution in [2.45, 2.75) is 19.9 Å². The fourth-order valence-corrected chi connectivity index (χ4v) is 3.18. The van der Waals surface area contributed by atoms with Gasteiger partial charge >= 0.3 is 0 Å². The number of amides is 1. The highest BCUT2D eigenvalue weighted by molar-refractivity contribution is 6.07. The van der Waals surface area contributed by atoms with Gasteiger partial charge in [0.1, 0.15) is 5.69 Å². The topological polar surface area (TPSA) is 63.1 Å². The zero-order valence-electron chi connectivity index (χ0n) is 14.8. The number of nitrogens with zero attached hydrogens (tertiary/aromatic N) is 4. The molecule has 1 N–H and O–H groups in total. The van der Waals surface area contributed by atoms with Gasteiger partial charge in [-0.2, -0.15) is 5.10 Å². The Morgan fingerprint density at radius 2 is 2.04 bits per heavy atom. The van der Waals surface area contributed by atoms with E-state index in [0.29, 0.717) is 18.2 Å². The van der Waals surface area contributed by atoms with Gasteiger partial charge in [-0.3, -0.25) is 9.78 Å². The quantitative estimate of drug-likeness (QED) is 0.789. The van der Waals surface area contributed by atoms with Gasteiger partial charge in [0.05, 0.1) is 17.1 Å². The Kier molecular flexibility index (Phi) is 4.16. The predicted octanol–water partition coefficient (Wildman–Crippen LogP) is 3.36. The van der Waals surface area contributed by atoms with Crippen molar-refractivity contribution in [3.63, 3.8) is 0 Å². The van der Waals surface area contributed by atoms with Crippen molar-refractivity contribution < 1.29 is 4.79 Å². The van der Waals surface area contributed by atoms with Gasteiger partial charge in [-0.05, 0) is 36.2 Å². The van der Waals surface area contributed by atoms with Gasteiger partial charge < -0.3 is 10.2 Å². The third-order valence-corrected chi connectivity index (χ3v) is 4.70. The number of hydrogen-bond donors (Lipinski definition) is 1. The zero-order valence-corrected chi connectivity index (χ0v) is 14.8. The van der Waals surface area contributed by atoms with Crippen LogP contribution in [0.4, 0.5) is 11.4 Å². The minimum absolute atomic E-state index is 0.0985. The number of carbonyl (C=O) groups is 1. The minimum Gasteiger partial charge on any atom is -0.379 e. The van der Waals surface area contributed by atoms with Crippen LogP contribution < -0.4 is 10.2 Å². The molecule has 1 amide bonds. The lowest BCUT2D eigenvalue weighted by Crippen LogP contribution is -2.47. The number of carbonyl (C=O) groups excluding carboxylic acids is 1. The molecule has 4 rings (SSSR count). The summed E-state index contributed by atoms with van der Waals surface area (Å²) in [6.45, 7) is 4.93. The molecule has 6 heteroatoms. The average Bonchev–Trinajstić information content (AvgIpc) is 3.21. The molecule has 0 fully saturated rings. The summed E-state index contributed by atoms with van der Waals surface area (Å²) in [5.41, 5.74) is 3.10. The molecule has 3 heterocycles. The number of anilines is 2. The minimum atomic E-state index is -0.0985. The summed E-state index contributed by atoms with van der Waals surface area (Å²) in [5.74, 6) is 0.306.